The first kappa shape index (κ1) is 18.5. The molecule has 1 saturated carbocycles. The van der Waals surface area contributed by atoms with Gasteiger partial charge in [0.05, 0.1) is 13.2 Å². The van der Waals surface area contributed by atoms with Crippen molar-refractivity contribution in [1.29, 1.82) is 0 Å². The number of hydrogen-bond acceptors (Lipinski definition) is 4. The predicted octanol–water partition coefficient (Wildman–Crippen LogP) is 4.08. The van der Waals surface area contributed by atoms with Gasteiger partial charge in [-0.3, -0.25) is 4.90 Å². The minimum absolute atomic E-state index is 0.103. The second-order valence-electron chi connectivity index (χ2n) is 7.85. The SMILES string of the molecule is CN(CCc1ccccc1)C1(c2cccc(O)c2)CCC2(CC1)OCCO2. The molecule has 4 nitrogen and oxygen atoms in total. The molecule has 0 bridgehead atoms. The van der Waals surface area contributed by atoms with Gasteiger partial charge in [0, 0.05) is 24.9 Å². The molecule has 2 aromatic rings. The molecule has 27 heavy (non-hydrogen) atoms. The van der Waals surface area contributed by atoms with Crippen molar-refractivity contribution >= 4 is 0 Å². The van der Waals surface area contributed by atoms with E-state index in [0.717, 1.165) is 38.6 Å². The fraction of sp³-hybridized carbons (Fsp3) is 0.478. The second-order valence-corrected chi connectivity index (χ2v) is 7.85. The van der Waals surface area contributed by atoms with Crippen LogP contribution in [0.4, 0.5) is 0 Å². The van der Waals surface area contributed by atoms with Gasteiger partial charge in [-0.25, -0.2) is 0 Å². The maximum atomic E-state index is 10.1. The van der Waals surface area contributed by atoms with Gasteiger partial charge in [0.25, 0.3) is 0 Å². The van der Waals surface area contributed by atoms with E-state index >= 15 is 0 Å². The molecule has 1 spiro atoms. The van der Waals surface area contributed by atoms with Crippen LogP contribution in [0.15, 0.2) is 54.6 Å². The van der Waals surface area contributed by atoms with Crippen molar-refractivity contribution in [3.8, 4) is 5.75 Å². The quantitative estimate of drug-likeness (QED) is 0.865. The molecular formula is C23H29NO3. The summed E-state index contributed by atoms with van der Waals surface area (Å²) in [5.41, 5.74) is 2.43. The Labute approximate surface area is 161 Å². The summed E-state index contributed by atoms with van der Waals surface area (Å²) < 4.78 is 11.9. The number of aromatic hydroxyl groups is 1. The second kappa shape index (κ2) is 7.63. The highest BCUT2D eigenvalue weighted by Crippen LogP contribution is 2.48. The van der Waals surface area contributed by atoms with E-state index in [-0.39, 0.29) is 11.3 Å². The minimum Gasteiger partial charge on any atom is -0.508 e. The van der Waals surface area contributed by atoms with Gasteiger partial charge >= 0.3 is 0 Å². The summed E-state index contributed by atoms with van der Waals surface area (Å²) in [6.45, 7) is 2.36. The Morgan fingerprint density at radius 1 is 0.926 bits per heavy atom. The third kappa shape index (κ3) is 3.75. The fourth-order valence-corrected chi connectivity index (χ4v) is 4.67. The molecule has 2 aliphatic rings. The number of benzene rings is 2. The van der Waals surface area contributed by atoms with E-state index < -0.39 is 0 Å². The first-order valence-electron chi connectivity index (χ1n) is 9.95. The Balaban J connectivity index is 1.56. The van der Waals surface area contributed by atoms with E-state index in [4.69, 9.17) is 9.47 Å². The van der Waals surface area contributed by atoms with Crippen molar-refractivity contribution in [2.45, 2.75) is 43.4 Å². The molecule has 1 aliphatic carbocycles. The molecule has 1 heterocycles. The van der Waals surface area contributed by atoms with Crippen LogP contribution >= 0.6 is 0 Å². The van der Waals surface area contributed by atoms with E-state index in [1.165, 1.54) is 11.1 Å². The maximum absolute atomic E-state index is 10.1. The van der Waals surface area contributed by atoms with Crippen molar-refractivity contribution in [3.63, 3.8) is 0 Å². The first-order valence-corrected chi connectivity index (χ1v) is 9.95. The highest BCUT2D eigenvalue weighted by atomic mass is 16.7. The first-order chi connectivity index (χ1) is 13.1. The van der Waals surface area contributed by atoms with Crippen molar-refractivity contribution in [2.75, 3.05) is 26.8 Å². The highest BCUT2D eigenvalue weighted by molar-refractivity contribution is 5.33. The molecule has 1 aliphatic heterocycles. The van der Waals surface area contributed by atoms with Crippen LogP contribution in [-0.2, 0) is 21.4 Å². The third-order valence-electron chi connectivity index (χ3n) is 6.35. The van der Waals surface area contributed by atoms with Crippen molar-refractivity contribution < 1.29 is 14.6 Å². The molecule has 2 aromatic carbocycles. The Morgan fingerprint density at radius 2 is 1.63 bits per heavy atom. The smallest absolute Gasteiger partial charge is 0.168 e. The third-order valence-corrected chi connectivity index (χ3v) is 6.35. The van der Waals surface area contributed by atoms with Crippen LogP contribution in [0.5, 0.6) is 5.75 Å². The van der Waals surface area contributed by atoms with Crippen LogP contribution in [0.2, 0.25) is 0 Å². The fourth-order valence-electron chi connectivity index (χ4n) is 4.67. The number of phenols is 1. The molecule has 0 aromatic heterocycles. The van der Waals surface area contributed by atoms with E-state index in [0.29, 0.717) is 19.0 Å². The number of phenolic OH excluding ortho intramolecular Hbond substituents is 1. The lowest BCUT2D eigenvalue weighted by molar-refractivity contribution is -0.194. The lowest BCUT2D eigenvalue weighted by Gasteiger charge is -2.49. The zero-order chi connectivity index (χ0) is 18.7. The number of nitrogens with zero attached hydrogens (tertiary/aromatic N) is 1. The van der Waals surface area contributed by atoms with Crippen molar-refractivity contribution in [1.82, 2.24) is 4.90 Å². The van der Waals surface area contributed by atoms with Gasteiger partial charge in [-0.05, 0) is 49.6 Å². The number of likely N-dealkylation sites (N-methyl/N-ethyl adjacent to an activating group) is 1. The summed E-state index contributed by atoms with van der Waals surface area (Å²) in [6, 6.07) is 18.4. The van der Waals surface area contributed by atoms with Crippen LogP contribution in [0.25, 0.3) is 0 Å². The Morgan fingerprint density at radius 3 is 2.30 bits per heavy atom. The van der Waals surface area contributed by atoms with Gasteiger partial charge in [0.2, 0.25) is 0 Å². The van der Waals surface area contributed by atoms with E-state index in [2.05, 4.69) is 48.3 Å². The van der Waals surface area contributed by atoms with E-state index in [1.54, 1.807) is 6.07 Å². The zero-order valence-electron chi connectivity index (χ0n) is 16.1. The van der Waals surface area contributed by atoms with E-state index in [1.807, 2.05) is 12.1 Å². The van der Waals surface area contributed by atoms with Crippen LogP contribution < -0.4 is 0 Å². The largest absolute Gasteiger partial charge is 0.508 e. The molecule has 144 valence electrons. The molecule has 4 heteroatoms. The predicted molar refractivity (Wildman–Crippen MR) is 106 cm³/mol. The van der Waals surface area contributed by atoms with Gasteiger partial charge in [-0.15, -0.1) is 0 Å². The van der Waals surface area contributed by atoms with Crippen molar-refractivity contribution in [2.24, 2.45) is 0 Å². The zero-order valence-corrected chi connectivity index (χ0v) is 16.1. The number of ether oxygens (including phenoxy) is 2. The Bertz CT molecular complexity index is 745. The molecular weight excluding hydrogens is 338 g/mol. The van der Waals surface area contributed by atoms with E-state index in [9.17, 15) is 5.11 Å². The van der Waals surface area contributed by atoms with Gasteiger partial charge in [0.1, 0.15) is 5.75 Å². The lowest BCUT2D eigenvalue weighted by Crippen LogP contribution is -2.51. The van der Waals surface area contributed by atoms with Gasteiger partial charge in [-0.2, -0.15) is 0 Å². The van der Waals surface area contributed by atoms with Gasteiger partial charge < -0.3 is 14.6 Å². The molecule has 0 unspecified atom stereocenters. The normalized spacial score (nSPS) is 21.0. The summed E-state index contributed by atoms with van der Waals surface area (Å²) in [4.78, 5) is 2.47. The summed E-state index contributed by atoms with van der Waals surface area (Å²) in [7, 11) is 2.21. The van der Waals surface area contributed by atoms with Gasteiger partial charge in [-0.1, -0.05) is 42.5 Å². The molecule has 0 atom stereocenters. The highest BCUT2D eigenvalue weighted by Gasteiger charge is 2.48. The molecule has 1 N–H and O–H groups in total. The van der Waals surface area contributed by atoms with Crippen molar-refractivity contribution in [3.05, 3.63) is 65.7 Å². The van der Waals surface area contributed by atoms with Crippen LogP contribution in [-0.4, -0.2) is 42.6 Å². The monoisotopic (exact) mass is 367 g/mol. The molecule has 0 radical (unpaired) electrons. The standard InChI is InChI=1S/C23H29NO3/c1-24(15-10-19-6-3-2-4-7-19)22(20-8-5-9-21(25)18-20)11-13-23(14-12-22)26-16-17-27-23/h2-9,18,25H,10-17H2,1H3. The van der Waals surface area contributed by atoms with Gasteiger partial charge in [0.15, 0.2) is 5.79 Å². The summed E-state index contributed by atoms with van der Waals surface area (Å²) in [5, 5.41) is 10.1. The lowest BCUT2D eigenvalue weighted by atomic mass is 9.73. The Kier molecular flexibility index (Phi) is 5.22. The maximum Gasteiger partial charge on any atom is 0.168 e. The summed E-state index contributed by atoms with van der Waals surface area (Å²) in [5.74, 6) is -0.0578. The summed E-state index contributed by atoms with van der Waals surface area (Å²) in [6.07, 6.45) is 4.70. The van der Waals surface area contributed by atoms with Crippen LogP contribution in [0, 0.1) is 0 Å². The number of hydrogen-bond donors (Lipinski definition) is 1. The molecule has 0 amide bonds. The average Bonchev–Trinajstić information content (AvgIpc) is 3.16. The molecule has 4 rings (SSSR count). The number of rotatable bonds is 5. The van der Waals surface area contributed by atoms with Crippen LogP contribution in [0.1, 0.15) is 36.8 Å². The molecule has 1 saturated heterocycles. The topological polar surface area (TPSA) is 41.9 Å². The average molecular weight is 367 g/mol. The molecule has 2 fully saturated rings. The van der Waals surface area contributed by atoms with Crippen LogP contribution in [0.3, 0.4) is 0 Å². The minimum atomic E-state index is -0.388. The Hall–Kier alpha value is -1.88. The summed E-state index contributed by atoms with van der Waals surface area (Å²) >= 11 is 0.